The number of carbonyl (C=O) groups excluding carboxylic acids is 3. The van der Waals surface area contributed by atoms with Crippen molar-refractivity contribution in [2.24, 2.45) is 5.41 Å². The Labute approximate surface area is 125 Å². The Morgan fingerprint density at radius 2 is 1.67 bits per heavy atom. The van der Waals surface area contributed by atoms with E-state index in [9.17, 15) is 14.4 Å². The predicted molar refractivity (Wildman–Crippen MR) is 77.6 cm³/mol. The highest BCUT2D eigenvalue weighted by molar-refractivity contribution is 5.86. The van der Waals surface area contributed by atoms with E-state index in [0.29, 0.717) is 6.42 Å². The molecule has 0 aromatic heterocycles. The molecule has 21 heavy (non-hydrogen) atoms. The molecule has 2 N–H and O–H groups in total. The van der Waals surface area contributed by atoms with Crippen LogP contribution >= 0.6 is 0 Å². The van der Waals surface area contributed by atoms with Crippen LogP contribution in [-0.4, -0.2) is 44.3 Å². The van der Waals surface area contributed by atoms with E-state index in [2.05, 4.69) is 17.2 Å². The van der Waals surface area contributed by atoms with Crippen LogP contribution < -0.4 is 10.6 Å². The van der Waals surface area contributed by atoms with Crippen molar-refractivity contribution in [1.29, 1.82) is 0 Å². The molecule has 0 bridgehead atoms. The van der Waals surface area contributed by atoms with E-state index in [4.69, 9.17) is 9.47 Å². The fourth-order valence-electron chi connectivity index (χ4n) is 1.08. The van der Waals surface area contributed by atoms with Crippen molar-refractivity contribution in [3.63, 3.8) is 0 Å². The van der Waals surface area contributed by atoms with Gasteiger partial charge in [-0.15, -0.1) is 0 Å². The second-order valence-corrected chi connectivity index (χ2v) is 4.93. The summed E-state index contributed by atoms with van der Waals surface area (Å²) in [7, 11) is 0. The predicted octanol–water partition coefficient (Wildman–Crippen LogP) is 0.994. The van der Waals surface area contributed by atoms with E-state index < -0.39 is 11.5 Å². The average molecular weight is 300 g/mol. The minimum Gasteiger partial charge on any atom is -0.462 e. The van der Waals surface area contributed by atoms with Crippen molar-refractivity contribution >= 4 is 18.0 Å². The van der Waals surface area contributed by atoms with E-state index in [1.165, 1.54) is 0 Å². The fourth-order valence-corrected chi connectivity index (χ4v) is 1.08. The minimum absolute atomic E-state index is 0.0167. The molecule has 0 unspecified atom stereocenters. The van der Waals surface area contributed by atoms with Crippen molar-refractivity contribution < 1.29 is 23.9 Å². The molecule has 0 radical (unpaired) electrons. The molecule has 0 aromatic carbocycles. The highest BCUT2D eigenvalue weighted by atomic mass is 16.6. The number of hydrogen-bond acceptors (Lipinski definition) is 5. The van der Waals surface area contributed by atoms with Gasteiger partial charge in [0.1, 0.15) is 13.2 Å². The Hall–Kier alpha value is -2.05. The first kappa shape index (κ1) is 18.9. The molecular weight excluding hydrogens is 276 g/mol. The number of hydrogen-bond donors (Lipinski definition) is 2. The second-order valence-electron chi connectivity index (χ2n) is 4.93. The lowest BCUT2D eigenvalue weighted by atomic mass is 9.91. The van der Waals surface area contributed by atoms with Crippen molar-refractivity contribution in [2.45, 2.75) is 27.2 Å². The molecule has 2 amide bonds. The number of nitrogens with one attached hydrogen (secondary N) is 2. The Balaban J connectivity index is 3.65. The largest absolute Gasteiger partial charge is 0.462 e. The fraction of sp³-hybridized carbons (Fsp3) is 0.643. The molecular formula is C14H24N2O5. The summed E-state index contributed by atoms with van der Waals surface area (Å²) in [6.45, 7) is 9.29. The molecule has 0 aliphatic rings. The summed E-state index contributed by atoms with van der Waals surface area (Å²) in [4.78, 5) is 33.7. The molecule has 0 fully saturated rings. The van der Waals surface area contributed by atoms with Crippen molar-refractivity contribution in [1.82, 2.24) is 10.6 Å². The van der Waals surface area contributed by atoms with Crippen molar-refractivity contribution in [3.05, 3.63) is 12.7 Å². The Kier molecular flexibility index (Phi) is 8.84. The molecule has 0 aliphatic carbocycles. The number of alkyl carbamates (subject to hydrolysis) is 1. The normalized spacial score (nSPS) is 10.4. The van der Waals surface area contributed by atoms with Crippen LogP contribution in [0.25, 0.3) is 0 Å². The third kappa shape index (κ3) is 8.67. The van der Waals surface area contributed by atoms with Crippen LogP contribution in [-0.2, 0) is 19.1 Å². The van der Waals surface area contributed by atoms with Gasteiger partial charge in [0.25, 0.3) is 0 Å². The van der Waals surface area contributed by atoms with Gasteiger partial charge in [0.05, 0.1) is 5.41 Å². The van der Waals surface area contributed by atoms with Crippen LogP contribution in [0.2, 0.25) is 0 Å². The number of esters is 1. The third-order valence-corrected chi connectivity index (χ3v) is 2.87. The summed E-state index contributed by atoms with van der Waals surface area (Å²) in [5, 5.41) is 4.94. The van der Waals surface area contributed by atoms with Crippen LogP contribution in [0.4, 0.5) is 4.79 Å². The average Bonchev–Trinajstić information content (AvgIpc) is 2.47. The van der Waals surface area contributed by atoms with Gasteiger partial charge in [-0.1, -0.05) is 13.5 Å². The van der Waals surface area contributed by atoms with Gasteiger partial charge in [-0.25, -0.2) is 4.79 Å². The van der Waals surface area contributed by atoms with Gasteiger partial charge in [0, 0.05) is 13.1 Å². The van der Waals surface area contributed by atoms with Crippen LogP contribution in [0.3, 0.4) is 0 Å². The van der Waals surface area contributed by atoms with E-state index in [-0.39, 0.29) is 38.2 Å². The first-order valence-corrected chi connectivity index (χ1v) is 6.81. The zero-order valence-corrected chi connectivity index (χ0v) is 12.9. The summed E-state index contributed by atoms with van der Waals surface area (Å²) >= 11 is 0. The molecule has 0 saturated carbocycles. The lowest BCUT2D eigenvalue weighted by Crippen LogP contribution is -2.35. The quantitative estimate of drug-likeness (QED) is 0.376. The first-order valence-electron chi connectivity index (χ1n) is 6.81. The Morgan fingerprint density at radius 1 is 1.10 bits per heavy atom. The highest BCUT2D eigenvalue weighted by Crippen LogP contribution is 2.21. The maximum Gasteiger partial charge on any atom is 0.407 e. The van der Waals surface area contributed by atoms with E-state index in [1.807, 2.05) is 6.92 Å². The Morgan fingerprint density at radius 3 is 2.24 bits per heavy atom. The van der Waals surface area contributed by atoms with E-state index in [0.717, 1.165) is 6.08 Å². The van der Waals surface area contributed by atoms with Gasteiger partial charge in [-0.05, 0) is 26.3 Å². The van der Waals surface area contributed by atoms with Crippen LogP contribution in [0.15, 0.2) is 12.7 Å². The Bertz CT molecular complexity index is 380. The molecule has 0 atom stereocenters. The van der Waals surface area contributed by atoms with Gasteiger partial charge < -0.3 is 20.1 Å². The summed E-state index contributed by atoms with van der Waals surface area (Å²) in [5.74, 6) is -0.628. The highest BCUT2D eigenvalue weighted by Gasteiger charge is 2.26. The van der Waals surface area contributed by atoms with Crippen LogP contribution in [0.5, 0.6) is 0 Å². The number of carbonyl (C=O) groups is 3. The molecule has 0 aliphatic heterocycles. The molecule has 120 valence electrons. The van der Waals surface area contributed by atoms with Gasteiger partial charge in [-0.3, -0.25) is 9.59 Å². The molecule has 0 heterocycles. The lowest BCUT2D eigenvalue weighted by molar-refractivity contribution is -0.155. The van der Waals surface area contributed by atoms with Gasteiger partial charge in [-0.2, -0.15) is 0 Å². The SMILES string of the molecule is C=CC(=O)NCCNC(=O)OCCOC(=O)C(C)(C)CC. The van der Waals surface area contributed by atoms with E-state index >= 15 is 0 Å². The summed E-state index contributed by atoms with van der Waals surface area (Å²) in [6.07, 6.45) is 1.18. The van der Waals surface area contributed by atoms with E-state index in [1.54, 1.807) is 13.8 Å². The third-order valence-electron chi connectivity index (χ3n) is 2.87. The monoisotopic (exact) mass is 300 g/mol. The zero-order chi connectivity index (χ0) is 16.3. The topological polar surface area (TPSA) is 93.7 Å². The van der Waals surface area contributed by atoms with Gasteiger partial charge in [0.2, 0.25) is 5.91 Å². The van der Waals surface area contributed by atoms with Crippen LogP contribution in [0.1, 0.15) is 27.2 Å². The maximum atomic E-state index is 11.6. The zero-order valence-electron chi connectivity index (χ0n) is 12.9. The standard InChI is InChI=1S/C14H24N2O5/c1-5-11(17)15-7-8-16-13(19)21-10-9-20-12(18)14(3,4)6-2/h5H,1,6-10H2,2-4H3,(H,15,17)(H,16,19). The maximum absolute atomic E-state index is 11.6. The van der Waals surface area contributed by atoms with Crippen molar-refractivity contribution in [3.8, 4) is 0 Å². The van der Waals surface area contributed by atoms with Gasteiger partial charge in [0.15, 0.2) is 0 Å². The summed E-state index contributed by atoms with van der Waals surface area (Å²) < 4.78 is 9.82. The molecule has 7 nitrogen and oxygen atoms in total. The molecule has 7 heteroatoms. The molecule has 0 aromatic rings. The number of rotatable bonds is 9. The number of ether oxygens (including phenoxy) is 2. The second kappa shape index (κ2) is 9.79. The smallest absolute Gasteiger partial charge is 0.407 e. The molecule has 0 spiro atoms. The molecule has 0 saturated heterocycles. The number of amides is 2. The molecule has 0 rings (SSSR count). The first-order chi connectivity index (χ1) is 9.83. The van der Waals surface area contributed by atoms with Crippen LogP contribution in [0, 0.1) is 5.41 Å². The lowest BCUT2D eigenvalue weighted by Gasteiger charge is -2.20. The minimum atomic E-state index is -0.631. The summed E-state index contributed by atoms with van der Waals surface area (Å²) in [6, 6.07) is 0. The van der Waals surface area contributed by atoms with Crippen molar-refractivity contribution in [2.75, 3.05) is 26.3 Å². The van der Waals surface area contributed by atoms with Gasteiger partial charge >= 0.3 is 12.1 Å². The summed E-state index contributed by atoms with van der Waals surface area (Å²) in [5.41, 5.74) is -0.536.